The number of halogens is 1. The van der Waals surface area contributed by atoms with E-state index in [9.17, 15) is 4.79 Å². The lowest BCUT2D eigenvalue weighted by Crippen LogP contribution is -1.99. The zero-order valence-corrected chi connectivity index (χ0v) is 11.1. The zero-order valence-electron chi connectivity index (χ0n) is 9.55. The van der Waals surface area contributed by atoms with Crippen molar-refractivity contribution in [1.29, 1.82) is 0 Å². The largest absolute Gasteiger partial charge is 0.493 e. The number of aromatic nitrogens is 1. The molecule has 6 heteroatoms. The number of thiazole rings is 1. The summed E-state index contributed by atoms with van der Waals surface area (Å²) in [5.41, 5.74) is 2.99. The first-order valence-corrected chi connectivity index (χ1v) is 6.39. The molecule has 2 aromatic rings. The highest BCUT2D eigenvalue weighted by Crippen LogP contribution is 2.36. The number of nitrogens with zero attached hydrogens (tertiary/aromatic N) is 1. The number of rotatable bonds is 5. The molecule has 0 N–H and O–H groups in total. The van der Waals surface area contributed by atoms with Gasteiger partial charge in [0.25, 0.3) is 0 Å². The van der Waals surface area contributed by atoms with Gasteiger partial charge in [-0.05, 0) is 12.1 Å². The molecule has 94 valence electrons. The number of carbonyl (C=O) groups is 1. The second-order valence-electron chi connectivity index (χ2n) is 3.42. The van der Waals surface area contributed by atoms with Gasteiger partial charge in [-0.2, -0.15) is 0 Å². The van der Waals surface area contributed by atoms with Gasteiger partial charge < -0.3 is 9.47 Å². The molecule has 0 atom stereocenters. The minimum absolute atomic E-state index is 0.306. The molecular formula is C12H10ClNO3S. The molecular weight excluding hydrogens is 274 g/mol. The van der Waals surface area contributed by atoms with Crippen molar-refractivity contribution in [2.24, 2.45) is 0 Å². The Balaban J connectivity index is 2.23. The van der Waals surface area contributed by atoms with Crippen molar-refractivity contribution in [1.82, 2.24) is 4.98 Å². The maximum absolute atomic E-state index is 10.7. The van der Waals surface area contributed by atoms with Gasteiger partial charge in [-0.15, -0.1) is 11.3 Å². The summed E-state index contributed by atoms with van der Waals surface area (Å²) in [4.78, 5) is 14.8. The Morgan fingerprint density at radius 3 is 2.94 bits per heavy atom. The Morgan fingerprint density at radius 2 is 2.33 bits per heavy atom. The lowest BCUT2D eigenvalue weighted by atomic mass is 10.2. The molecule has 0 fully saturated rings. The van der Waals surface area contributed by atoms with E-state index in [1.165, 1.54) is 24.5 Å². The van der Waals surface area contributed by atoms with E-state index in [0.29, 0.717) is 35.0 Å². The first kappa shape index (κ1) is 12.9. The third-order valence-corrected chi connectivity index (χ3v) is 3.15. The van der Waals surface area contributed by atoms with Gasteiger partial charge in [0.1, 0.15) is 12.9 Å². The molecule has 0 unspecified atom stereocenters. The van der Waals surface area contributed by atoms with E-state index in [1.807, 2.05) is 5.38 Å². The first-order chi connectivity index (χ1) is 8.74. The molecule has 18 heavy (non-hydrogen) atoms. The van der Waals surface area contributed by atoms with Gasteiger partial charge in [0.2, 0.25) is 0 Å². The van der Waals surface area contributed by atoms with Gasteiger partial charge in [-0.25, -0.2) is 4.98 Å². The minimum atomic E-state index is 0.306. The van der Waals surface area contributed by atoms with Crippen LogP contribution in [0.1, 0.15) is 16.1 Å². The summed E-state index contributed by atoms with van der Waals surface area (Å²) in [6.45, 7) is 0.306. The maximum Gasteiger partial charge on any atom is 0.180 e. The van der Waals surface area contributed by atoms with Crippen LogP contribution in [0, 0.1) is 0 Å². The molecule has 0 spiro atoms. The van der Waals surface area contributed by atoms with Gasteiger partial charge in [-0.1, -0.05) is 11.6 Å². The summed E-state index contributed by atoms with van der Waals surface area (Å²) < 4.78 is 10.7. The lowest BCUT2D eigenvalue weighted by molar-refractivity contribution is 0.112. The summed E-state index contributed by atoms with van der Waals surface area (Å²) >= 11 is 7.54. The average molecular weight is 284 g/mol. The summed E-state index contributed by atoms with van der Waals surface area (Å²) in [5.74, 6) is 0.845. The molecule has 4 nitrogen and oxygen atoms in total. The van der Waals surface area contributed by atoms with Gasteiger partial charge in [-0.3, -0.25) is 4.79 Å². The van der Waals surface area contributed by atoms with Crippen molar-refractivity contribution in [3.8, 4) is 11.5 Å². The molecule has 0 aliphatic rings. The van der Waals surface area contributed by atoms with Crippen LogP contribution in [0.15, 0.2) is 23.0 Å². The smallest absolute Gasteiger partial charge is 0.180 e. The van der Waals surface area contributed by atoms with Crippen LogP contribution in [0.2, 0.25) is 5.02 Å². The number of aldehydes is 1. The molecule has 0 aliphatic carbocycles. The Kier molecular flexibility index (Phi) is 4.17. The minimum Gasteiger partial charge on any atom is -0.493 e. The molecule has 1 aromatic heterocycles. The van der Waals surface area contributed by atoms with Crippen molar-refractivity contribution < 1.29 is 14.3 Å². The number of methoxy groups -OCH3 is 1. The molecule has 0 bridgehead atoms. The summed E-state index contributed by atoms with van der Waals surface area (Å²) in [7, 11) is 1.50. The van der Waals surface area contributed by atoms with Gasteiger partial charge in [0.15, 0.2) is 11.5 Å². The van der Waals surface area contributed by atoms with Gasteiger partial charge in [0, 0.05) is 10.9 Å². The first-order valence-electron chi connectivity index (χ1n) is 5.07. The fourth-order valence-electron chi connectivity index (χ4n) is 1.40. The average Bonchev–Trinajstić information content (AvgIpc) is 2.89. The molecule has 0 amide bonds. The van der Waals surface area contributed by atoms with Crippen molar-refractivity contribution in [3.05, 3.63) is 39.3 Å². The number of hydrogen-bond donors (Lipinski definition) is 0. The molecule has 0 saturated heterocycles. The van der Waals surface area contributed by atoms with Crippen LogP contribution in [0.5, 0.6) is 11.5 Å². The molecule has 0 saturated carbocycles. The second-order valence-corrected chi connectivity index (χ2v) is 4.55. The quantitative estimate of drug-likeness (QED) is 0.791. The van der Waals surface area contributed by atoms with E-state index in [2.05, 4.69) is 4.98 Å². The SMILES string of the molecule is COc1cc(C=O)cc(Cl)c1OCc1cscn1. The van der Waals surface area contributed by atoms with E-state index in [1.54, 1.807) is 11.6 Å². The second kappa shape index (κ2) is 5.84. The van der Waals surface area contributed by atoms with Crippen molar-refractivity contribution >= 4 is 29.2 Å². The Bertz CT molecular complexity index is 543. The van der Waals surface area contributed by atoms with Gasteiger partial charge in [0.05, 0.1) is 23.3 Å². The molecule has 1 aromatic carbocycles. The molecule has 1 heterocycles. The summed E-state index contributed by atoms with van der Waals surface area (Å²) in [5, 5.41) is 2.23. The van der Waals surface area contributed by atoms with Crippen LogP contribution >= 0.6 is 22.9 Å². The standard InChI is InChI=1S/C12H10ClNO3S/c1-16-11-3-8(4-15)2-10(13)12(11)17-5-9-6-18-7-14-9/h2-4,6-7H,5H2,1H3. The number of carbonyl (C=O) groups excluding carboxylic acids is 1. The number of hydrogen-bond acceptors (Lipinski definition) is 5. The van der Waals surface area contributed by atoms with E-state index in [-0.39, 0.29) is 0 Å². The van der Waals surface area contributed by atoms with Crippen molar-refractivity contribution in [3.63, 3.8) is 0 Å². The van der Waals surface area contributed by atoms with Crippen LogP contribution in [0.4, 0.5) is 0 Å². The maximum atomic E-state index is 10.7. The van der Waals surface area contributed by atoms with Gasteiger partial charge >= 0.3 is 0 Å². The number of benzene rings is 1. The van der Waals surface area contributed by atoms with Crippen LogP contribution in [0.3, 0.4) is 0 Å². The van der Waals surface area contributed by atoms with E-state index >= 15 is 0 Å². The predicted molar refractivity (Wildman–Crippen MR) is 69.8 cm³/mol. The predicted octanol–water partition coefficient (Wildman–Crippen LogP) is 3.20. The zero-order chi connectivity index (χ0) is 13.0. The molecule has 0 aliphatic heterocycles. The Morgan fingerprint density at radius 1 is 1.50 bits per heavy atom. The fraction of sp³-hybridized carbons (Fsp3) is 0.167. The Hall–Kier alpha value is -1.59. The van der Waals surface area contributed by atoms with Crippen LogP contribution in [-0.4, -0.2) is 18.4 Å². The summed E-state index contributed by atoms with van der Waals surface area (Å²) in [6, 6.07) is 3.11. The summed E-state index contributed by atoms with van der Waals surface area (Å²) in [6.07, 6.45) is 0.707. The highest BCUT2D eigenvalue weighted by atomic mass is 35.5. The van der Waals surface area contributed by atoms with Crippen molar-refractivity contribution in [2.45, 2.75) is 6.61 Å². The molecule has 0 radical (unpaired) electrons. The molecule has 2 rings (SSSR count). The third-order valence-electron chi connectivity index (χ3n) is 2.24. The fourth-order valence-corrected chi connectivity index (χ4v) is 2.22. The normalized spacial score (nSPS) is 10.1. The van der Waals surface area contributed by atoms with Crippen LogP contribution in [-0.2, 0) is 6.61 Å². The van der Waals surface area contributed by atoms with E-state index in [4.69, 9.17) is 21.1 Å². The monoisotopic (exact) mass is 283 g/mol. The van der Waals surface area contributed by atoms with E-state index < -0.39 is 0 Å². The van der Waals surface area contributed by atoms with E-state index in [0.717, 1.165) is 5.69 Å². The van der Waals surface area contributed by atoms with Crippen LogP contribution < -0.4 is 9.47 Å². The Labute approximate surface area is 113 Å². The topological polar surface area (TPSA) is 48.4 Å². The number of ether oxygens (including phenoxy) is 2. The third kappa shape index (κ3) is 2.80. The van der Waals surface area contributed by atoms with Crippen LogP contribution in [0.25, 0.3) is 0 Å². The van der Waals surface area contributed by atoms with Crippen molar-refractivity contribution in [2.75, 3.05) is 7.11 Å². The highest BCUT2D eigenvalue weighted by Gasteiger charge is 2.12. The highest BCUT2D eigenvalue weighted by molar-refractivity contribution is 7.07. The lowest BCUT2D eigenvalue weighted by Gasteiger charge is -2.12.